The summed E-state index contributed by atoms with van der Waals surface area (Å²) in [5.41, 5.74) is -0.0408. The van der Waals surface area contributed by atoms with Crippen LogP contribution >= 0.6 is 0 Å². The Kier molecular flexibility index (Phi) is 8.01. The molecular weight excluding hydrogens is 640 g/mol. The fraction of sp³-hybridized carbons (Fsp3) is 0.294. The quantitative estimate of drug-likeness (QED) is 0.0497. The maximum absolute atomic E-state index is 16.5. The second-order valence-corrected chi connectivity index (χ2v) is 16.6. The molecule has 0 N–H and O–H groups in total. The van der Waals surface area contributed by atoms with Crippen LogP contribution in [0, 0.1) is 52.4 Å². The summed E-state index contributed by atoms with van der Waals surface area (Å²) in [4.78, 5) is 0. The van der Waals surface area contributed by atoms with Crippen LogP contribution in [-0.2, 0) is 0 Å². The van der Waals surface area contributed by atoms with Crippen molar-refractivity contribution in [2.24, 2.45) is 0 Å². The number of nitrogens with zero attached hydrogens (tertiary/aromatic N) is 1. The number of hydrogen-bond acceptors (Lipinski definition) is 1. The average Bonchev–Trinajstić information content (AvgIpc) is 3.41. The fourth-order valence-corrected chi connectivity index (χ4v) is 10.2. The van der Waals surface area contributed by atoms with Crippen LogP contribution in [0.4, 0.5) is 55.3 Å². The molecule has 0 heterocycles. The molecule has 2 atom stereocenters. The zero-order valence-corrected chi connectivity index (χ0v) is 25.9. The number of hydrogen-bond donors (Lipinski definition) is 0. The summed E-state index contributed by atoms with van der Waals surface area (Å²) >= 11 is 0. The molecule has 0 fully saturated rings. The van der Waals surface area contributed by atoms with Crippen LogP contribution in [0.3, 0.4) is 0 Å². The van der Waals surface area contributed by atoms with Crippen molar-refractivity contribution in [3.63, 3.8) is 0 Å². The third-order valence-corrected chi connectivity index (χ3v) is 13.9. The monoisotopic (exact) mass is 667 g/mol. The highest BCUT2D eigenvalue weighted by Gasteiger charge is 2.42. The normalized spacial score (nSPS) is 15.9. The number of rotatable bonds is 9. The van der Waals surface area contributed by atoms with Crippen molar-refractivity contribution in [2.75, 3.05) is 4.57 Å². The van der Waals surface area contributed by atoms with Crippen LogP contribution in [0.2, 0.25) is 18.6 Å². The van der Waals surface area contributed by atoms with E-state index in [1.807, 2.05) is 6.92 Å². The summed E-state index contributed by atoms with van der Waals surface area (Å²) in [6.45, 7) is 5.59. The zero-order valence-electron chi connectivity index (χ0n) is 24.9. The number of alkyl halides is 1. The largest absolute Gasteiger partial charge is 0.366 e. The van der Waals surface area contributed by atoms with Gasteiger partial charge in [-0.3, -0.25) is 0 Å². The van der Waals surface area contributed by atoms with Crippen molar-refractivity contribution in [3.05, 3.63) is 87.8 Å². The fourth-order valence-electron chi connectivity index (χ4n) is 6.80. The number of benzene rings is 5. The molecule has 0 aliphatic heterocycles. The third-order valence-electron chi connectivity index (χ3n) is 9.36. The van der Waals surface area contributed by atoms with E-state index >= 15 is 35.1 Å². The van der Waals surface area contributed by atoms with E-state index < -0.39 is 105 Å². The predicted octanol–water partition coefficient (Wildman–Crippen LogP) is 12.2. The van der Waals surface area contributed by atoms with Crippen LogP contribution in [0.5, 0.6) is 0 Å². The second-order valence-electron chi connectivity index (χ2n) is 12.0. The van der Waals surface area contributed by atoms with E-state index in [9.17, 15) is 8.78 Å². The van der Waals surface area contributed by atoms with Gasteiger partial charge in [-0.1, -0.05) is 58.2 Å². The van der Waals surface area contributed by atoms with E-state index in [0.29, 0.717) is 24.1 Å². The number of fused-ring (bicyclic) bond motifs is 1. The van der Waals surface area contributed by atoms with Crippen molar-refractivity contribution >= 4 is 58.0 Å². The number of allylic oxidation sites excluding steroid dienone is 1. The molecule has 0 aromatic heterocycles. The first-order valence-electron chi connectivity index (χ1n) is 14.9. The molecule has 242 valence electrons. The molecule has 2 unspecified atom stereocenters. The highest BCUT2D eigenvalue weighted by atomic mass is 28.3. The van der Waals surface area contributed by atoms with E-state index in [1.165, 1.54) is 34.9 Å². The molecular formula is C34H27F10NSi. The summed E-state index contributed by atoms with van der Waals surface area (Å²) < 4.78 is 156. The van der Waals surface area contributed by atoms with Gasteiger partial charge in [0.2, 0.25) is 0 Å². The van der Waals surface area contributed by atoms with Gasteiger partial charge in [0.25, 0.3) is 0 Å². The van der Waals surface area contributed by atoms with Gasteiger partial charge in [-0.2, -0.15) is 0 Å². The molecule has 0 amide bonds. The lowest BCUT2D eigenvalue weighted by Gasteiger charge is -2.42. The maximum atomic E-state index is 16.5. The van der Waals surface area contributed by atoms with Gasteiger partial charge in [0.1, 0.15) is 6.17 Å². The predicted molar refractivity (Wildman–Crippen MR) is 162 cm³/mol. The van der Waals surface area contributed by atoms with Gasteiger partial charge >= 0.3 is 0 Å². The van der Waals surface area contributed by atoms with Crippen molar-refractivity contribution < 1.29 is 43.9 Å². The lowest BCUT2D eigenvalue weighted by molar-refractivity contribution is 0.420. The van der Waals surface area contributed by atoms with Crippen LogP contribution in [0.25, 0.3) is 38.4 Å². The summed E-state index contributed by atoms with van der Waals surface area (Å²) in [7, 11) is -3.16. The first-order chi connectivity index (χ1) is 21.8. The Morgan fingerprint density at radius 3 is 1.72 bits per heavy atom. The summed E-state index contributed by atoms with van der Waals surface area (Å²) in [6, 6.07) is 5.11. The van der Waals surface area contributed by atoms with Crippen molar-refractivity contribution in [1.82, 2.24) is 0 Å². The molecule has 0 saturated heterocycles. The Morgan fingerprint density at radius 1 is 0.630 bits per heavy atom. The van der Waals surface area contributed by atoms with Crippen LogP contribution in [0.1, 0.15) is 56.8 Å². The Morgan fingerprint density at radius 2 is 1.15 bits per heavy atom. The van der Waals surface area contributed by atoms with Gasteiger partial charge in [-0.15, -0.1) is 0 Å². The molecule has 1 aliphatic rings. The first-order valence-corrected chi connectivity index (χ1v) is 17.8. The molecule has 1 aliphatic carbocycles. The Bertz CT molecular complexity index is 2050. The van der Waals surface area contributed by atoms with E-state index in [0.717, 1.165) is 19.3 Å². The van der Waals surface area contributed by atoms with Crippen LogP contribution in [-0.4, -0.2) is 8.24 Å². The van der Waals surface area contributed by atoms with Gasteiger partial charge < -0.3 is 4.57 Å². The highest BCUT2D eigenvalue weighted by molar-refractivity contribution is 6.83. The molecule has 0 bridgehead atoms. The molecule has 5 aromatic rings. The molecule has 46 heavy (non-hydrogen) atoms. The van der Waals surface area contributed by atoms with Crippen molar-refractivity contribution in [1.29, 1.82) is 0 Å². The second kappa shape index (κ2) is 11.5. The van der Waals surface area contributed by atoms with Crippen LogP contribution in [0.15, 0.2) is 24.3 Å². The minimum atomic E-state index is -3.16. The Hall–Kier alpha value is -3.80. The molecule has 0 spiro atoms. The molecule has 5 aromatic carbocycles. The smallest absolute Gasteiger partial charge is 0.195 e. The zero-order chi connectivity index (χ0) is 33.4. The minimum Gasteiger partial charge on any atom is -0.366 e. The topological polar surface area (TPSA) is 3.24 Å². The maximum Gasteiger partial charge on any atom is 0.195 e. The molecule has 0 radical (unpaired) electrons. The molecule has 1 nitrogen and oxygen atoms in total. The number of anilines is 2. The summed E-state index contributed by atoms with van der Waals surface area (Å²) in [5.74, 6) is -19.3. The van der Waals surface area contributed by atoms with Crippen molar-refractivity contribution in [2.45, 2.75) is 64.3 Å². The van der Waals surface area contributed by atoms with E-state index in [4.69, 9.17) is 0 Å². The number of halogens is 10. The Balaban J connectivity index is 1.81. The van der Waals surface area contributed by atoms with Gasteiger partial charge in [0.05, 0.1) is 21.8 Å². The molecule has 6 rings (SSSR count). The third kappa shape index (κ3) is 4.42. The molecule has 0 saturated carbocycles. The lowest BCUT2D eigenvalue weighted by atomic mass is 9.90. The Labute approximate surface area is 258 Å². The van der Waals surface area contributed by atoms with Crippen LogP contribution < -0.4 is 4.57 Å². The van der Waals surface area contributed by atoms with Gasteiger partial charge in [0, 0.05) is 21.8 Å². The first kappa shape index (κ1) is 32.2. The standard InChI is InChI=1S/C34H27F10NSi/c1-4-6-7-8-13-46(3,5-2)45(16-10-11-17-15(14-16)9-12-18(17)35)34-24-20-19-21(25(36)26(37)23(20)30(41)33(34)44)28(39)32(43)29(40)22(19)27(38)31(24)42/h9-12,14,18H,4-8,13H2,1-3H3. The van der Waals surface area contributed by atoms with E-state index in [2.05, 4.69) is 0 Å². The summed E-state index contributed by atoms with van der Waals surface area (Å²) in [5, 5.41) is -7.94. The summed E-state index contributed by atoms with van der Waals surface area (Å²) in [6.07, 6.45) is 4.50. The average molecular weight is 668 g/mol. The minimum absolute atomic E-state index is 0.159. The molecule has 12 heteroatoms. The van der Waals surface area contributed by atoms with Crippen molar-refractivity contribution in [3.8, 4) is 0 Å². The van der Waals surface area contributed by atoms with Gasteiger partial charge in [-0.25, -0.2) is 43.9 Å². The van der Waals surface area contributed by atoms with E-state index in [1.54, 1.807) is 13.5 Å². The van der Waals surface area contributed by atoms with Gasteiger partial charge in [0.15, 0.2) is 60.6 Å². The highest BCUT2D eigenvalue weighted by Crippen LogP contribution is 2.51. The SMILES string of the molecule is CCCCCC[Si](C)(CC)N(c1ccc2c(c1)C=CC2F)c1c(F)c(F)c2c(F)c(F)c3c(F)c(F)c(F)c4c(F)c(F)c1c2c34. The number of unbranched alkanes of at least 4 members (excludes halogenated alkanes) is 3. The van der Waals surface area contributed by atoms with E-state index in [-0.39, 0.29) is 11.3 Å². The lowest BCUT2D eigenvalue weighted by Crippen LogP contribution is -2.48. The van der Waals surface area contributed by atoms with Gasteiger partial charge in [-0.05, 0) is 41.4 Å².